The van der Waals surface area contributed by atoms with Gasteiger partial charge in [-0.05, 0) is 98.2 Å². The molecule has 1 unspecified atom stereocenters. The highest BCUT2D eigenvalue weighted by atomic mass is 16.4. The molecule has 3 aromatic heterocycles. The zero-order chi connectivity index (χ0) is 34.7. The topological polar surface area (TPSA) is 169 Å². The van der Waals surface area contributed by atoms with Crippen LogP contribution in [-0.4, -0.2) is 53.2 Å². The van der Waals surface area contributed by atoms with E-state index in [2.05, 4.69) is 23.5 Å². The molecule has 0 saturated heterocycles. The van der Waals surface area contributed by atoms with Crippen LogP contribution < -0.4 is 0 Å². The van der Waals surface area contributed by atoms with E-state index in [0.717, 1.165) is 68.3 Å². The molecule has 2 atom stereocenters. The van der Waals surface area contributed by atoms with E-state index in [4.69, 9.17) is 9.97 Å². The first-order valence-electron chi connectivity index (χ1n) is 16.0. The molecule has 0 saturated carbocycles. The quantitative estimate of drug-likeness (QED) is 0.173. The molecule has 0 aromatic carbocycles. The third-order valence-corrected chi connectivity index (χ3v) is 10.0. The van der Waals surface area contributed by atoms with E-state index in [1.165, 1.54) is 6.08 Å². The fourth-order valence-electron chi connectivity index (χ4n) is 7.40. The Morgan fingerprint density at radius 2 is 1.50 bits per heavy atom. The molecule has 246 valence electrons. The second kappa shape index (κ2) is 11.9. The van der Waals surface area contributed by atoms with E-state index in [1.807, 2.05) is 45.0 Å². The number of H-pyrrole nitrogens is 2. The molecule has 0 fully saturated rings. The number of fused-ring (bicyclic) bond motifs is 11. The minimum atomic E-state index is -1.40. The maximum Gasteiger partial charge on any atom is 0.332 e. The Balaban J connectivity index is 1.80. The van der Waals surface area contributed by atoms with Crippen LogP contribution in [0.15, 0.2) is 54.6 Å². The van der Waals surface area contributed by atoms with Gasteiger partial charge in [-0.3, -0.25) is 14.6 Å². The average Bonchev–Trinajstić information content (AvgIpc) is 3.67. The summed E-state index contributed by atoms with van der Waals surface area (Å²) in [5.74, 6) is -4.83. The van der Waals surface area contributed by atoms with E-state index in [-0.39, 0.29) is 12.0 Å². The highest BCUT2D eigenvalue weighted by Gasteiger charge is 2.53. The number of hydrogen-bond acceptors (Lipinski definition) is 5. The average molecular weight is 647 g/mol. The number of carboxylic acids is 3. The predicted octanol–water partition coefficient (Wildman–Crippen LogP) is 7.08. The first-order valence-corrected chi connectivity index (χ1v) is 16.0. The zero-order valence-corrected chi connectivity index (χ0v) is 27.6. The van der Waals surface area contributed by atoms with Crippen molar-refractivity contribution >= 4 is 56.7 Å². The van der Waals surface area contributed by atoms with E-state index in [1.54, 1.807) is 19.1 Å². The highest BCUT2D eigenvalue weighted by molar-refractivity contribution is 6.01. The molecule has 10 heteroatoms. The smallest absolute Gasteiger partial charge is 0.332 e. The van der Waals surface area contributed by atoms with E-state index in [0.29, 0.717) is 34.8 Å². The number of aliphatic carboxylic acids is 3. The predicted molar refractivity (Wildman–Crippen MR) is 185 cm³/mol. The van der Waals surface area contributed by atoms with Crippen molar-refractivity contribution in [1.29, 1.82) is 0 Å². The van der Waals surface area contributed by atoms with Gasteiger partial charge in [0.25, 0.3) is 0 Å². The molecule has 3 aliphatic rings. The van der Waals surface area contributed by atoms with E-state index in [9.17, 15) is 29.7 Å². The molecule has 0 spiro atoms. The number of hydrogen-bond donors (Lipinski definition) is 5. The second-order valence-corrected chi connectivity index (χ2v) is 12.8. The van der Waals surface area contributed by atoms with Crippen molar-refractivity contribution in [3.05, 3.63) is 99.7 Å². The molecule has 48 heavy (non-hydrogen) atoms. The Kier molecular flexibility index (Phi) is 8.06. The molecule has 8 bridgehead atoms. The number of aryl methyl sites for hydroxylation is 4. The monoisotopic (exact) mass is 646 g/mol. The van der Waals surface area contributed by atoms with Crippen LogP contribution in [0.1, 0.15) is 78.6 Å². The summed E-state index contributed by atoms with van der Waals surface area (Å²) in [5.41, 5.74) is 9.99. The van der Waals surface area contributed by atoms with Crippen molar-refractivity contribution in [2.24, 2.45) is 5.92 Å². The Bertz CT molecular complexity index is 2210. The molecule has 1 aliphatic carbocycles. The van der Waals surface area contributed by atoms with Gasteiger partial charge in [-0.1, -0.05) is 38.2 Å². The Morgan fingerprint density at radius 3 is 2.08 bits per heavy atom. The lowest BCUT2D eigenvalue weighted by Gasteiger charge is -2.35. The summed E-state index contributed by atoms with van der Waals surface area (Å²) in [6.07, 6.45) is 6.71. The molecular weight excluding hydrogens is 608 g/mol. The van der Waals surface area contributed by atoms with Gasteiger partial charge in [0, 0.05) is 34.1 Å². The Hall–Kier alpha value is -5.51. The van der Waals surface area contributed by atoms with Crippen LogP contribution in [0.5, 0.6) is 0 Å². The largest absolute Gasteiger partial charge is 0.481 e. The standard InChI is InChI=1S/C38H38N4O6/c1-7-9-22-19(4)28-17-33-38(6)25(12-10-24(36(45)46)35(38)37(47)48)32(42-33)15-27-18(3)21(8-2)29(39-27)14-26-20(5)23(11-13-34(43)44)31(40-26)16-30(22)41-28/h8,10,12,14-17,35,40-41H,2,7,9,11,13H2,1,3-6H3,(H,43,44)(H,45,46)(H,47,48)/t35?,38-/m0/s1. The SMILES string of the molecule is C=CC1=C(C)c2cc3nc(cc4[nH]c(cc5[nH]c(cc1n2)c(C)c5CCC(=O)O)c(CCC)c4C)[C@]1(C)C3=CC=C(C(=O)O)C1C(=O)O. The van der Waals surface area contributed by atoms with Crippen LogP contribution in [0, 0.1) is 19.8 Å². The molecule has 0 radical (unpaired) electrons. The van der Waals surface area contributed by atoms with Crippen molar-refractivity contribution in [3.63, 3.8) is 0 Å². The summed E-state index contributed by atoms with van der Waals surface area (Å²) >= 11 is 0. The van der Waals surface area contributed by atoms with Crippen LogP contribution in [0.2, 0.25) is 0 Å². The van der Waals surface area contributed by atoms with Crippen LogP contribution in [0.4, 0.5) is 0 Å². The van der Waals surface area contributed by atoms with Gasteiger partial charge in [-0.25, -0.2) is 9.78 Å². The number of aromatic amines is 2. The molecular formula is C38H38N4O6. The highest BCUT2D eigenvalue weighted by Crippen LogP contribution is 2.52. The van der Waals surface area contributed by atoms with Gasteiger partial charge in [-0.2, -0.15) is 0 Å². The number of carbonyl (C=O) groups is 3. The summed E-state index contributed by atoms with van der Waals surface area (Å²) in [4.78, 5) is 53.9. The first kappa shape index (κ1) is 32.4. The lowest BCUT2D eigenvalue weighted by molar-refractivity contribution is -0.145. The van der Waals surface area contributed by atoms with Gasteiger partial charge in [0.2, 0.25) is 0 Å². The first-order chi connectivity index (χ1) is 22.8. The third kappa shape index (κ3) is 5.08. The molecule has 0 amide bonds. The van der Waals surface area contributed by atoms with Crippen molar-refractivity contribution in [2.45, 2.75) is 65.7 Å². The molecule has 6 rings (SSSR count). The van der Waals surface area contributed by atoms with Gasteiger partial charge in [0.05, 0.1) is 33.8 Å². The number of nitrogens with zero attached hydrogens (tertiary/aromatic N) is 2. The van der Waals surface area contributed by atoms with Crippen LogP contribution in [-0.2, 0) is 32.6 Å². The molecule has 3 aromatic rings. The fraction of sp³-hybridized carbons (Fsp3) is 0.289. The minimum absolute atomic E-state index is 0.0291. The molecule has 5 heterocycles. The number of nitrogens with one attached hydrogen (secondary N) is 2. The number of rotatable bonds is 8. The van der Waals surface area contributed by atoms with Gasteiger partial charge in [0.1, 0.15) is 5.92 Å². The van der Waals surface area contributed by atoms with Gasteiger partial charge in [-0.15, -0.1) is 0 Å². The zero-order valence-electron chi connectivity index (χ0n) is 27.6. The van der Waals surface area contributed by atoms with Gasteiger partial charge >= 0.3 is 17.9 Å². The lowest BCUT2D eigenvalue weighted by atomic mass is 9.64. The normalized spacial score (nSPS) is 18.6. The maximum absolute atomic E-state index is 12.9. The summed E-state index contributed by atoms with van der Waals surface area (Å²) in [6.45, 7) is 13.8. The lowest BCUT2D eigenvalue weighted by Crippen LogP contribution is -2.41. The molecule has 10 nitrogen and oxygen atoms in total. The second-order valence-electron chi connectivity index (χ2n) is 12.8. The number of carboxylic acid groups (broad SMARTS) is 3. The summed E-state index contributed by atoms with van der Waals surface area (Å²) in [5, 5.41) is 30.1. The van der Waals surface area contributed by atoms with Crippen LogP contribution in [0.3, 0.4) is 0 Å². The third-order valence-electron chi connectivity index (χ3n) is 10.0. The number of aromatic nitrogens is 4. The molecule has 5 N–H and O–H groups in total. The maximum atomic E-state index is 12.9. The molecule has 2 aliphatic heterocycles. The van der Waals surface area contributed by atoms with Crippen LogP contribution >= 0.6 is 0 Å². The van der Waals surface area contributed by atoms with Crippen molar-refractivity contribution < 1.29 is 29.7 Å². The minimum Gasteiger partial charge on any atom is -0.481 e. The van der Waals surface area contributed by atoms with E-state index >= 15 is 0 Å². The van der Waals surface area contributed by atoms with Crippen molar-refractivity contribution in [1.82, 2.24) is 19.9 Å². The Labute approximate surface area is 277 Å². The summed E-state index contributed by atoms with van der Waals surface area (Å²) in [7, 11) is 0. The van der Waals surface area contributed by atoms with E-state index < -0.39 is 29.2 Å². The van der Waals surface area contributed by atoms with Crippen LogP contribution in [0.25, 0.3) is 38.8 Å². The number of allylic oxidation sites excluding steroid dienone is 6. The summed E-state index contributed by atoms with van der Waals surface area (Å²) < 4.78 is 0. The van der Waals surface area contributed by atoms with Gasteiger partial charge in [0.15, 0.2) is 0 Å². The van der Waals surface area contributed by atoms with Crippen molar-refractivity contribution in [2.75, 3.05) is 0 Å². The summed E-state index contributed by atoms with van der Waals surface area (Å²) in [6, 6.07) is 7.61. The Morgan fingerprint density at radius 1 is 0.854 bits per heavy atom. The van der Waals surface area contributed by atoms with Gasteiger partial charge < -0.3 is 25.3 Å². The fourth-order valence-corrected chi connectivity index (χ4v) is 7.40. The van der Waals surface area contributed by atoms with Crippen molar-refractivity contribution in [3.8, 4) is 0 Å².